The minimum atomic E-state index is -0.870. The first kappa shape index (κ1) is 18.5. The van der Waals surface area contributed by atoms with Crippen LogP contribution in [-0.4, -0.2) is 42.1 Å². The van der Waals surface area contributed by atoms with E-state index < -0.39 is 11.9 Å². The molecule has 1 aromatic heterocycles. The molecule has 1 N–H and O–H groups in total. The molecule has 0 unspecified atom stereocenters. The van der Waals surface area contributed by atoms with Crippen molar-refractivity contribution in [3.63, 3.8) is 0 Å². The average Bonchev–Trinajstić information content (AvgIpc) is 3.25. The maximum absolute atomic E-state index is 13.0. The van der Waals surface area contributed by atoms with Crippen molar-refractivity contribution in [3.8, 4) is 5.75 Å². The molecule has 2 atom stereocenters. The number of carbonyl (C=O) groups is 2. The molecule has 3 rings (SSSR count). The number of benzene rings is 1. The Morgan fingerprint density at radius 1 is 1.35 bits per heavy atom. The Balaban J connectivity index is 1.89. The molecule has 0 bridgehead atoms. The van der Waals surface area contributed by atoms with E-state index in [0.29, 0.717) is 17.9 Å². The third kappa shape index (κ3) is 3.33. The van der Waals surface area contributed by atoms with Crippen LogP contribution < -0.4 is 4.74 Å². The molecule has 0 aliphatic carbocycles. The Bertz CT molecular complexity index is 829. The van der Waals surface area contributed by atoms with Crippen LogP contribution in [0.4, 0.5) is 0 Å². The van der Waals surface area contributed by atoms with E-state index in [4.69, 9.17) is 4.74 Å². The van der Waals surface area contributed by atoms with Gasteiger partial charge in [0, 0.05) is 29.3 Å². The number of thiophene rings is 1. The molecule has 2 heterocycles. The summed E-state index contributed by atoms with van der Waals surface area (Å²) >= 11 is 1.57. The number of rotatable bonds is 5. The number of methoxy groups -OCH3 is 1. The zero-order valence-electron chi connectivity index (χ0n) is 15.2. The number of aliphatic carboxylic acids is 1. The van der Waals surface area contributed by atoms with Gasteiger partial charge in [0.25, 0.3) is 5.91 Å². The van der Waals surface area contributed by atoms with Crippen molar-refractivity contribution in [1.29, 1.82) is 0 Å². The van der Waals surface area contributed by atoms with Crippen LogP contribution in [0, 0.1) is 12.8 Å². The largest absolute Gasteiger partial charge is 0.497 e. The summed E-state index contributed by atoms with van der Waals surface area (Å²) in [7, 11) is 1.59. The van der Waals surface area contributed by atoms with Crippen LogP contribution in [0.15, 0.2) is 29.6 Å². The van der Waals surface area contributed by atoms with E-state index >= 15 is 0 Å². The number of amides is 1. The highest BCUT2D eigenvalue weighted by atomic mass is 32.1. The molecule has 1 fully saturated rings. The number of hydrogen-bond acceptors (Lipinski definition) is 4. The maximum atomic E-state index is 13.0. The molecule has 1 aliphatic rings. The quantitative estimate of drug-likeness (QED) is 0.870. The van der Waals surface area contributed by atoms with Gasteiger partial charge in [-0.25, -0.2) is 0 Å². The maximum Gasteiger partial charge on any atom is 0.308 e. The Hall–Kier alpha value is -2.34. The summed E-state index contributed by atoms with van der Waals surface area (Å²) in [6.45, 7) is 4.69. The van der Waals surface area contributed by atoms with Gasteiger partial charge in [-0.05, 0) is 36.6 Å². The van der Waals surface area contributed by atoms with E-state index in [2.05, 4.69) is 0 Å². The monoisotopic (exact) mass is 373 g/mol. The zero-order chi connectivity index (χ0) is 18.8. The van der Waals surface area contributed by atoms with Crippen molar-refractivity contribution >= 4 is 23.2 Å². The van der Waals surface area contributed by atoms with E-state index in [1.54, 1.807) is 23.3 Å². The van der Waals surface area contributed by atoms with E-state index in [1.165, 1.54) is 0 Å². The van der Waals surface area contributed by atoms with Crippen molar-refractivity contribution in [1.82, 2.24) is 4.90 Å². The smallest absolute Gasteiger partial charge is 0.308 e. The molecule has 0 spiro atoms. The number of carboxylic acids is 1. The second-order valence-corrected chi connectivity index (χ2v) is 7.66. The third-order valence-corrected chi connectivity index (χ3v) is 6.09. The average molecular weight is 373 g/mol. The van der Waals surface area contributed by atoms with Gasteiger partial charge in [0.2, 0.25) is 0 Å². The highest BCUT2D eigenvalue weighted by molar-refractivity contribution is 7.10. The Kier molecular flexibility index (Phi) is 5.32. The van der Waals surface area contributed by atoms with E-state index in [0.717, 1.165) is 22.4 Å². The van der Waals surface area contributed by atoms with Crippen molar-refractivity contribution in [2.75, 3.05) is 20.2 Å². The molecule has 1 aromatic carbocycles. The lowest BCUT2D eigenvalue weighted by Gasteiger charge is -2.17. The van der Waals surface area contributed by atoms with Crippen LogP contribution >= 0.6 is 11.3 Å². The first-order chi connectivity index (χ1) is 12.5. The van der Waals surface area contributed by atoms with E-state index in [9.17, 15) is 14.7 Å². The summed E-state index contributed by atoms with van der Waals surface area (Å²) in [5.74, 6) is -1.10. The molecule has 1 aliphatic heterocycles. The molecule has 26 heavy (non-hydrogen) atoms. The fourth-order valence-corrected chi connectivity index (χ4v) is 4.63. The second-order valence-electron chi connectivity index (χ2n) is 6.58. The number of carbonyl (C=O) groups excluding carboxylic acids is 1. The standard InChI is InChI=1S/C20H23NO4S/c1-4-15-12(2)26-11-18(15)19(22)21-9-16(17(10-21)20(23)24)13-6-5-7-14(8-13)25-3/h5-8,11,16-17H,4,9-10H2,1-3H3,(H,23,24)/t16-,17+/m1/s1. The number of likely N-dealkylation sites (tertiary alicyclic amines) is 1. The highest BCUT2D eigenvalue weighted by Crippen LogP contribution is 2.36. The lowest BCUT2D eigenvalue weighted by atomic mass is 9.89. The van der Waals surface area contributed by atoms with Crippen LogP contribution in [-0.2, 0) is 11.2 Å². The summed E-state index contributed by atoms with van der Waals surface area (Å²) in [4.78, 5) is 27.7. The molecule has 2 aromatic rings. The molecule has 5 nitrogen and oxygen atoms in total. The third-order valence-electron chi connectivity index (χ3n) is 5.13. The van der Waals surface area contributed by atoms with Crippen LogP contribution in [0.1, 0.15) is 39.2 Å². The zero-order valence-corrected chi connectivity index (χ0v) is 16.0. The van der Waals surface area contributed by atoms with Gasteiger partial charge in [-0.15, -0.1) is 11.3 Å². The van der Waals surface area contributed by atoms with Crippen LogP contribution in [0.3, 0.4) is 0 Å². The summed E-state index contributed by atoms with van der Waals surface area (Å²) in [6.07, 6.45) is 0.798. The van der Waals surface area contributed by atoms with Crippen molar-refractivity contribution in [2.45, 2.75) is 26.2 Å². The summed E-state index contributed by atoms with van der Waals surface area (Å²) in [5, 5.41) is 11.6. The molecular formula is C20H23NO4S. The number of hydrogen-bond donors (Lipinski definition) is 1. The lowest BCUT2D eigenvalue weighted by molar-refractivity contribution is -0.141. The van der Waals surface area contributed by atoms with Gasteiger partial charge in [0.1, 0.15) is 5.75 Å². The van der Waals surface area contributed by atoms with Gasteiger partial charge in [-0.2, -0.15) is 0 Å². The minimum absolute atomic E-state index is 0.0668. The molecule has 6 heteroatoms. The van der Waals surface area contributed by atoms with E-state index in [1.807, 2.05) is 43.5 Å². The molecular weight excluding hydrogens is 350 g/mol. The van der Waals surface area contributed by atoms with Gasteiger partial charge in [-0.1, -0.05) is 19.1 Å². The number of aryl methyl sites for hydroxylation is 1. The van der Waals surface area contributed by atoms with Crippen molar-refractivity contribution < 1.29 is 19.4 Å². The SMILES string of the molecule is CCc1c(C(=O)N2C[C@H](C(=O)O)[C@@H](c3cccc(OC)c3)C2)csc1C. The predicted octanol–water partition coefficient (Wildman–Crippen LogP) is 3.57. The first-order valence-electron chi connectivity index (χ1n) is 8.69. The van der Waals surface area contributed by atoms with Gasteiger partial charge >= 0.3 is 5.97 Å². The number of ether oxygens (including phenoxy) is 1. The van der Waals surface area contributed by atoms with Gasteiger partial charge in [0.15, 0.2) is 0 Å². The highest BCUT2D eigenvalue weighted by Gasteiger charge is 2.41. The molecule has 0 radical (unpaired) electrons. The summed E-state index contributed by atoms with van der Waals surface area (Å²) < 4.78 is 5.26. The Labute approximate surface area is 157 Å². The van der Waals surface area contributed by atoms with Gasteiger partial charge in [-0.3, -0.25) is 9.59 Å². The van der Waals surface area contributed by atoms with Crippen LogP contribution in [0.25, 0.3) is 0 Å². The topological polar surface area (TPSA) is 66.8 Å². The number of carboxylic acid groups (broad SMARTS) is 1. The van der Waals surface area contributed by atoms with Crippen LogP contribution in [0.5, 0.6) is 5.75 Å². The first-order valence-corrected chi connectivity index (χ1v) is 9.57. The summed E-state index contributed by atoms with van der Waals surface area (Å²) in [5.41, 5.74) is 2.67. The van der Waals surface area contributed by atoms with Crippen molar-refractivity contribution in [2.24, 2.45) is 5.92 Å². The minimum Gasteiger partial charge on any atom is -0.497 e. The fourth-order valence-electron chi connectivity index (χ4n) is 3.70. The Morgan fingerprint density at radius 2 is 2.12 bits per heavy atom. The molecule has 1 amide bonds. The van der Waals surface area contributed by atoms with Crippen molar-refractivity contribution in [3.05, 3.63) is 51.2 Å². The van der Waals surface area contributed by atoms with Gasteiger partial charge < -0.3 is 14.7 Å². The second kappa shape index (κ2) is 7.50. The molecule has 138 valence electrons. The number of nitrogens with zero attached hydrogens (tertiary/aromatic N) is 1. The Morgan fingerprint density at radius 3 is 2.77 bits per heavy atom. The normalized spacial score (nSPS) is 19.6. The fraction of sp³-hybridized carbons (Fsp3) is 0.400. The van der Waals surface area contributed by atoms with E-state index in [-0.39, 0.29) is 18.4 Å². The summed E-state index contributed by atoms with van der Waals surface area (Å²) in [6, 6.07) is 7.46. The van der Waals surface area contributed by atoms with Gasteiger partial charge in [0.05, 0.1) is 18.6 Å². The predicted molar refractivity (Wildman–Crippen MR) is 101 cm³/mol. The molecule has 1 saturated heterocycles. The molecule has 0 saturated carbocycles. The lowest BCUT2D eigenvalue weighted by Crippen LogP contribution is -2.30. The van der Waals surface area contributed by atoms with Crippen LogP contribution in [0.2, 0.25) is 0 Å².